The number of ketones is 1. The van der Waals surface area contributed by atoms with Crippen LogP contribution in [-0.2, 0) is 14.3 Å². The van der Waals surface area contributed by atoms with Gasteiger partial charge in [0.1, 0.15) is 0 Å². The van der Waals surface area contributed by atoms with Crippen molar-refractivity contribution in [3.8, 4) is 0 Å². The number of aliphatic hydroxyl groups excluding tert-OH is 1. The fraction of sp³-hybridized carbons (Fsp3) is 0.714. The van der Waals surface area contributed by atoms with Crippen molar-refractivity contribution in [2.24, 2.45) is 11.3 Å². The number of allylic oxidation sites excluding steroid dienone is 1. The van der Waals surface area contributed by atoms with Gasteiger partial charge >= 0.3 is 5.97 Å². The number of β-amino-alcohol motifs (C(OH)–C–C–N with tert-alkyl or cyclic N) is 1. The van der Waals surface area contributed by atoms with E-state index in [-0.39, 0.29) is 30.1 Å². The molecule has 0 unspecified atom stereocenters. The molecule has 1 saturated carbocycles. The molecule has 2 fully saturated rings. The maximum Gasteiger partial charge on any atom is 0.313 e. The van der Waals surface area contributed by atoms with Crippen molar-refractivity contribution in [2.75, 3.05) is 13.2 Å². The molecular weight excluding hydrogens is 246 g/mol. The summed E-state index contributed by atoms with van der Waals surface area (Å²) in [6, 6.07) is -0.340. The number of nitrogens with one attached hydrogen (secondary N) is 1. The highest BCUT2D eigenvalue weighted by Gasteiger charge is 2.60. The molecule has 1 saturated heterocycles. The smallest absolute Gasteiger partial charge is 0.313 e. The Hall–Kier alpha value is -1.20. The van der Waals surface area contributed by atoms with E-state index >= 15 is 0 Å². The number of esters is 1. The van der Waals surface area contributed by atoms with E-state index in [1.807, 2.05) is 0 Å². The summed E-state index contributed by atoms with van der Waals surface area (Å²) in [4.78, 5) is 24.2. The van der Waals surface area contributed by atoms with E-state index in [9.17, 15) is 14.7 Å². The Labute approximate surface area is 113 Å². The number of rotatable bonds is 6. The Morgan fingerprint density at radius 1 is 1.58 bits per heavy atom. The third kappa shape index (κ3) is 2.72. The Balaban J connectivity index is 2.00. The van der Waals surface area contributed by atoms with Crippen molar-refractivity contribution in [3.63, 3.8) is 0 Å². The predicted molar refractivity (Wildman–Crippen MR) is 69.4 cm³/mol. The minimum absolute atomic E-state index is 0.0195. The van der Waals surface area contributed by atoms with Gasteiger partial charge in [-0.05, 0) is 25.7 Å². The molecule has 2 rings (SSSR count). The second-order valence-corrected chi connectivity index (χ2v) is 5.42. The van der Waals surface area contributed by atoms with Crippen LogP contribution in [0.25, 0.3) is 0 Å². The molecule has 2 aliphatic rings. The van der Waals surface area contributed by atoms with Crippen molar-refractivity contribution < 1.29 is 19.4 Å². The topological polar surface area (TPSA) is 75.6 Å². The first-order chi connectivity index (χ1) is 9.03. The third-order valence-electron chi connectivity index (χ3n) is 4.09. The SMILES string of the molecule is C=C[C@@H]1C[C@]1(CC(=O)[C@@H]1C[C@H](O)CN1)C(=O)OCC. The molecule has 0 aromatic carbocycles. The average molecular weight is 267 g/mol. The number of carbonyl (C=O) groups is 2. The van der Waals surface area contributed by atoms with E-state index in [2.05, 4.69) is 11.9 Å². The van der Waals surface area contributed by atoms with E-state index in [0.717, 1.165) is 0 Å². The Kier molecular flexibility index (Phi) is 4.06. The van der Waals surface area contributed by atoms with Crippen LogP contribution in [0.2, 0.25) is 0 Å². The molecule has 0 spiro atoms. The Morgan fingerprint density at radius 2 is 2.32 bits per heavy atom. The Bertz CT molecular complexity index is 395. The van der Waals surface area contributed by atoms with Crippen LogP contribution < -0.4 is 5.32 Å². The number of Topliss-reactive ketones (excluding diaryl/α,β-unsaturated/α-hetero) is 1. The summed E-state index contributed by atoms with van der Waals surface area (Å²) in [5.41, 5.74) is -0.704. The number of carbonyl (C=O) groups excluding carboxylic acids is 2. The van der Waals surface area contributed by atoms with Crippen LogP contribution in [0.4, 0.5) is 0 Å². The zero-order chi connectivity index (χ0) is 14.0. The fourth-order valence-electron chi connectivity index (χ4n) is 2.82. The standard InChI is InChI=1S/C14H21NO4/c1-3-9-6-14(9,13(18)19-4-2)7-12(17)11-5-10(16)8-15-11/h3,9-11,15-16H,1,4-8H2,2H3/t9-,10+,11+,14-/m1/s1. The van der Waals surface area contributed by atoms with E-state index < -0.39 is 11.5 Å². The van der Waals surface area contributed by atoms with E-state index in [0.29, 0.717) is 26.0 Å². The van der Waals surface area contributed by atoms with Gasteiger partial charge in [0.2, 0.25) is 0 Å². The van der Waals surface area contributed by atoms with Gasteiger partial charge in [0, 0.05) is 13.0 Å². The number of hydrogen-bond acceptors (Lipinski definition) is 5. The van der Waals surface area contributed by atoms with Gasteiger partial charge in [-0.15, -0.1) is 6.58 Å². The van der Waals surface area contributed by atoms with Gasteiger partial charge in [-0.1, -0.05) is 6.08 Å². The lowest BCUT2D eigenvalue weighted by molar-refractivity contribution is -0.152. The van der Waals surface area contributed by atoms with E-state index in [4.69, 9.17) is 4.74 Å². The lowest BCUT2D eigenvalue weighted by Gasteiger charge is -2.17. The highest BCUT2D eigenvalue weighted by Crippen LogP contribution is 2.57. The number of aliphatic hydroxyl groups is 1. The minimum atomic E-state index is -0.704. The van der Waals surface area contributed by atoms with Crippen LogP contribution in [0.1, 0.15) is 26.2 Å². The second kappa shape index (κ2) is 5.43. The monoisotopic (exact) mass is 267 g/mol. The molecule has 0 bridgehead atoms. The van der Waals surface area contributed by atoms with Crippen LogP contribution >= 0.6 is 0 Å². The highest BCUT2D eigenvalue weighted by atomic mass is 16.5. The second-order valence-electron chi connectivity index (χ2n) is 5.42. The van der Waals surface area contributed by atoms with Gasteiger partial charge in [-0.3, -0.25) is 9.59 Å². The molecule has 106 valence electrons. The van der Waals surface area contributed by atoms with Crippen LogP contribution in [0.5, 0.6) is 0 Å². The highest BCUT2D eigenvalue weighted by molar-refractivity contribution is 5.92. The zero-order valence-electron chi connectivity index (χ0n) is 11.2. The predicted octanol–water partition coefficient (Wildman–Crippen LogP) is 0.424. The van der Waals surface area contributed by atoms with Gasteiger partial charge in [0.25, 0.3) is 0 Å². The summed E-state index contributed by atoms with van der Waals surface area (Å²) in [5.74, 6) is -0.289. The minimum Gasteiger partial charge on any atom is -0.466 e. The quantitative estimate of drug-likeness (QED) is 0.539. The first kappa shape index (κ1) is 14.2. The number of ether oxygens (including phenoxy) is 1. The maximum absolute atomic E-state index is 12.2. The first-order valence-electron chi connectivity index (χ1n) is 6.77. The normalized spacial score (nSPS) is 36.8. The van der Waals surface area contributed by atoms with Gasteiger partial charge in [-0.25, -0.2) is 0 Å². The molecule has 2 N–H and O–H groups in total. The molecule has 4 atom stereocenters. The molecule has 5 nitrogen and oxygen atoms in total. The van der Waals surface area contributed by atoms with Crippen molar-refractivity contribution in [3.05, 3.63) is 12.7 Å². The molecule has 0 radical (unpaired) electrons. The lowest BCUT2D eigenvalue weighted by atomic mass is 9.92. The summed E-state index contributed by atoms with van der Waals surface area (Å²) >= 11 is 0. The lowest BCUT2D eigenvalue weighted by Crippen LogP contribution is -2.35. The summed E-state index contributed by atoms with van der Waals surface area (Å²) in [6.07, 6.45) is 2.49. The molecule has 5 heteroatoms. The Morgan fingerprint density at radius 3 is 2.79 bits per heavy atom. The molecule has 1 aliphatic carbocycles. The van der Waals surface area contributed by atoms with Crippen LogP contribution in [0.3, 0.4) is 0 Å². The maximum atomic E-state index is 12.2. The molecule has 1 aliphatic heterocycles. The summed E-state index contributed by atoms with van der Waals surface area (Å²) in [5, 5.41) is 12.4. The average Bonchev–Trinajstić information content (AvgIpc) is 2.92. The van der Waals surface area contributed by atoms with Crippen molar-refractivity contribution in [1.29, 1.82) is 0 Å². The molecule has 0 amide bonds. The summed E-state index contributed by atoms with van der Waals surface area (Å²) in [7, 11) is 0. The number of hydrogen-bond donors (Lipinski definition) is 2. The first-order valence-corrected chi connectivity index (χ1v) is 6.77. The van der Waals surface area contributed by atoms with Crippen molar-refractivity contribution >= 4 is 11.8 Å². The molecule has 19 heavy (non-hydrogen) atoms. The van der Waals surface area contributed by atoms with E-state index in [1.165, 1.54) is 0 Å². The van der Waals surface area contributed by atoms with Gasteiger partial charge in [0.15, 0.2) is 5.78 Å². The van der Waals surface area contributed by atoms with Crippen LogP contribution in [0.15, 0.2) is 12.7 Å². The van der Waals surface area contributed by atoms with Gasteiger partial charge in [0.05, 0.1) is 24.2 Å². The van der Waals surface area contributed by atoms with E-state index in [1.54, 1.807) is 13.0 Å². The molecule has 1 heterocycles. The molecule has 0 aromatic rings. The van der Waals surface area contributed by atoms with Gasteiger partial charge < -0.3 is 15.2 Å². The summed E-state index contributed by atoms with van der Waals surface area (Å²) < 4.78 is 5.08. The summed E-state index contributed by atoms with van der Waals surface area (Å²) in [6.45, 7) is 6.22. The largest absolute Gasteiger partial charge is 0.466 e. The van der Waals surface area contributed by atoms with Gasteiger partial charge in [-0.2, -0.15) is 0 Å². The fourth-order valence-corrected chi connectivity index (χ4v) is 2.82. The van der Waals surface area contributed by atoms with Crippen LogP contribution in [0, 0.1) is 11.3 Å². The van der Waals surface area contributed by atoms with Crippen LogP contribution in [-0.4, -0.2) is 42.2 Å². The molecular formula is C14H21NO4. The third-order valence-corrected chi connectivity index (χ3v) is 4.09. The van der Waals surface area contributed by atoms with Crippen molar-refractivity contribution in [1.82, 2.24) is 5.32 Å². The van der Waals surface area contributed by atoms with Crippen molar-refractivity contribution in [2.45, 2.75) is 38.3 Å². The molecule has 0 aromatic heterocycles. The zero-order valence-corrected chi connectivity index (χ0v) is 11.2.